The molecule has 3 rings (SSSR count). The topological polar surface area (TPSA) is 93.4 Å². The van der Waals surface area contributed by atoms with Crippen LogP contribution >= 0.6 is 0 Å². The summed E-state index contributed by atoms with van der Waals surface area (Å²) < 4.78 is 0. The van der Waals surface area contributed by atoms with Gasteiger partial charge in [0.2, 0.25) is 0 Å². The van der Waals surface area contributed by atoms with E-state index >= 15 is 0 Å². The number of piperidine rings is 1. The summed E-state index contributed by atoms with van der Waals surface area (Å²) in [5.74, 6) is -1.33. The second-order valence-corrected chi connectivity index (χ2v) is 7.11. The normalized spacial score (nSPS) is 17.4. The Kier molecular flexibility index (Phi) is 5.95. The van der Waals surface area contributed by atoms with Crippen LogP contribution in [0.1, 0.15) is 36.9 Å². The van der Waals surface area contributed by atoms with Crippen LogP contribution in [0, 0.1) is 17.2 Å². The molecule has 2 aromatic rings. The third kappa shape index (κ3) is 4.49. The van der Waals surface area contributed by atoms with Gasteiger partial charge in [-0.05, 0) is 48.6 Å². The van der Waals surface area contributed by atoms with Crippen molar-refractivity contribution >= 4 is 12.0 Å². The van der Waals surface area contributed by atoms with Crippen molar-refractivity contribution < 1.29 is 14.7 Å². The smallest absolute Gasteiger partial charge is 0.317 e. The molecule has 6 nitrogen and oxygen atoms in total. The van der Waals surface area contributed by atoms with Crippen molar-refractivity contribution in [2.24, 2.45) is 5.92 Å². The molecule has 2 N–H and O–H groups in total. The van der Waals surface area contributed by atoms with Gasteiger partial charge in [0.1, 0.15) is 0 Å². The number of carbonyl (C=O) groups is 2. The van der Waals surface area contributed by atoms with E-state index in [9.17, 15) is 14.7 Å². The molecule has 2 unspecified atom stereocenters. The number of rotatable bonds is 4. The molecular formula is C22H23N3O3. The fourth-order valence-corrected chi connectivity index (χ4v) is 3.46. The fourth-order valence-electron chi connectivity index (χ4n) is 3.46. The summed E-state index contributed by atoms with van der Waals surface area (Å²) in [4.78, 5) is 25.3. The minimum atomic E-state index is -0.846. The fraction of sp³-hybridized carbons (Fsp3) is 0.318. The molecule has 2 atom stereocenters. The summed E-state index contributed by atoms with van der Waals surface area (Å²) >= 11 is 0. The van der Waals surface area contributed by atoms with Crippen molar-refractivity contribution in [3.63, 3.8) is 0 Å². The molecule has 1 saturated heterocycles. The van der Waals surface area contributed by atoms with E-state index in [1.165, 1.54) is 0 Å². The van der Waals surface area contributed by atoms with Crippen LogP contribution in [0.15, 0.2) is 48.5 Å². The first kappa shape index (κ1) is 19.4. The van der Waals surface area contributed by atoms with Gasteiger partial charge in [0.05, 0.1) is 23.6 Å². The molecular weight excluding hydrogens is 354 g/mol. The van der Waals surface area contributed by atoms with E-state index in [0.717, 1.165) is 16.7 Å². The lowest BCUT2D eigenvalue weighted by atomic mass is 9.98. The number of nitrogens with zero attached hydrogens (tertiary/aromatic N) is 2. The molecule has 0 radical (unpaired) electrons. The molecule has 1 fully saturated rings. The summed E-state index contributed by atoms with van der Waals surface area (Å²) in [5.41, 5.74) is 3.54. The minimum absolute atomic E-state index is 0.197. The molecule has 0 spiro atoms. The molecule has 0 bridgehead atoms. The number of benzene rings is 2. The standard InChI is InChI=1S/C22H23N3O3/c1-15(24-22(28)25-11-3-6-20(14-25)21(26)27)17-7-9-18(10-8-17)19-5-2-4-16(12-19)13-23/h2,4-5,7-10,12,15,20H,3,6,11,14H2,1H3,(H,24,28)(H,26,27). The molecule has 1 aliphatic rings. The van der Waals surface area contributed by atoms with Crippen molar-refractivity contribution in [2.75, 3.05) is 13.1 Å². The third-order valence-corrected chi connectivity index (χ3v) is 5.13. The van der Waals surface area contributed by atoms with Crippen LogP contribution in [0.3, 0.4) is 0 Å². The number of hydrogen-bond acceptors (Lipinski definition) is 3. The average Bonchev–Trinajstić information content (AvgIpc) is 2.74. The van der Waals surface area contributed by atoms with E-state index in [-0.39, 0.29) is 18.6 Å². The van der Waals surface area contributed by atoms with E-state index in [1.54, 1.807) is 11.0 Å². The lowest BCUT2D eigenvalue weighted by molar-refractivity contribution is -0.143. The Morgan fingerprint density at radius 3 is 2.64 bits per heavy atom. The number of urea groups is 1. The quantitative estimate of drug-likeness (QED) is 0.848. The number of aliphatic carboxylic acids is 1. The van der Waals surface area contributed by atoms with Crippen molar-refractivity contribution in [1.82, 2.24) is 10.2 Å². The second-order valence-electron chi connectivity index (χ2n) is 7.11. The van der Waals surface area contributed by atoms with E-state index in [0.29, 0.717) is 24.9 Å². The lowest BCUT2D eigenvalue weighted by Gasteiger charge is -2.31. The zero-order chi connectivity index (χ0) is 20.1. The Balaban J connectivity index is 1.64. The van der Waals surface area contributed by atoms with E-state index in [4.69, 9.17) is 5.26 Å². The van der Waals surface area contributed by atoms with Gasteiger partial charge in [-0.15, -0.1) is 0 Å². The zero-order valence-electron chi connectivity index (χ0n) is 15.8. The first-order chi connectivity index (χ1) is 13.5. The number of carboxylic acids is 1. The maximum atomic E-state index is 12.5. The highest BCUT2D eigenvalue weighted by molar-refractivity contribution is 5.77. The van der Waals surface area contributed by atoms with Crippen LogP contribution in [-0.2, 0) is 4.79 Å². The minimum Gasteiger partial charge on any atom is -0.481 e. The lowest BCUT2D eigenvalue weighted by Crippen LogP contribution is -2.47. The highest BCUT2D eigenvalue weighted by Gasteiger charge is 2.28. The number of hydrogen-bond donors (Lipinski definition) is 2. The van der Waals surface area contributed by atoms with Crippen LogP contribution in [0.2, 0.25) is 0 Å². The second kappa shape index (κ2) is 8.57. The van der Waals surface area contributed by atoms with Crippen molar-refractivity contribution in [1.29, 1.82) is 5.26 Å². The Bertz CT molecular complexity index is 902. The van der Waals surface area contributed by atoms with Crippen LogP contribution in [0.25, 0.3) is 11.1 Å². The number of carboxylic acid groups (broad SMARTS) is 1. The maximum Gasteiger partial charge on any atom is 0.317 e. The van der Waals surface area contributed by atoms with Crippen LogP contribution < -0.4 is 5.32 Å². The first-order valence-electron chi connectivity index (χ1n) is 9.36. The Labute approximate surface area is 164 Å². The Morgan fingerprint density at radius 2 is 1.96 bits per heavy atom. The van der Waals surface area contributed by atoms with E-state index < -0.39 is 11.9 Å². The highest BCUT2D eigenvalue weighted by atomic mass is 16.4. The van der Waals surface area contributed by atoms with Gasteiger partial charge in [-0.1, -0.05) is 36.4 Å². The number of carbonyl (C=O) groups excluding carboxylic acids is 1. The molecule has 2 amide bonds. The van der Waals surface area contributed by atoms with Gasteiger partial charge < -0.3 is 15.3 Å². The van der Waals surface area contributed by atoms with Crippen LogP contribution in [-0.4, -0.2) is 35.1 Å². The van der Waals surface area contributed by atoms with E-state index in [2.05, 4.69) is 11.4 Å². The summed E-state index contributed by atoms with van der Waals surface area (Å²) in [5, 5.41) is 21.2. The van der Waals surface area contributed by atoms with Gasteiger partial charge in [0.15, 0.2) is 0 Å². The van der Waals surface area contributed by atoms with Crippen molar-refractivity contribution in [3.05, 3.63) is 59.7 Å². The Morgan fingerprint density at radius 1 is 1.21 bits per heavy atom. The SMILES string of the molecule is CC(NC(=O)N1CCCC(C(=O)O)C1)c1ccc(-c2cccc(C#N)c2)cc1. The number of amides is 2. The summed E-state index contributed by atoms with van der Waals surface area (Å²) in [6.45, 7) is 2.74. The third-order valence-electron chi connectivity index (χ3n) is 5.13. The van der Waals surface area contributed by atoms with Crippen molar-refractivity contribution in [2.45, 2.75) is 25.8 Å². The van der Waals surface area contributed by atoms with Gasteiger partial charge in [-0.3, -0.25) is 4.79 Å². The molecule has 1 aliphatic heterocycles. The summed E-state index contributed by atoms with van der Waals surface area (Å²) in [7, 11) is 0. The Hall–Kier alpha value is -3.33. The summed E-state index contributed by atoms with van der Waals surface area (Å²) in [6.07, 6.45) is 1.32. The monoisotopic (exact) mass is 377 g/mol. The van der Waals surface area contributed by atoms with Crippen molar-refractivity contribution in [3.8, 4) is 17.2 Å². The maximum absolute atomic E-state index is 12.5. The predicted octanol–water partition coefficient (Wildman–Crippen LogP) is 3.79. The summed E-state index contributed by atoms with van der Waals surface area (Å²) in [6, 6.07) is 17.0. The van der Waals surface area contributed by atoms with Gasteiger partial charge in [-0.25, -0.2) is 4.79 Å². The molecule has 2 aromatic carbocycles. The molecule has 1 heterocycles. The van der Waals surface area contributed by atoms with Crippen LogP contribution in [0.4, 0.5) is 4.79 Å². The number of likely N-dealkylation sites (tertiary alicyclic amines) is 1. The molecule has 28 heavy (non-hydrogen) atoms. The highest BCUT2D eigenvalue weighted by Crippen LogP contribution is 2.23. The van der Waals surface area contributed by atoms with E-state index in [1.807, 2.05) is 49.4 Å². The number of nitrogens with one attached hydrogen (secondary N) is 1. The average molecular weight is 377 g/mol. The molecule has 6 heteroatoms. The van der Waals surface area contributed by atoms with Gasteiger partial charge in [0, 0.05) is 13.1 Å². The largest absolute Gasteiger partial charge is 0.481 e. The molecule has 0 aromatic heterocycles. The number of nitriles is 1. The van der Waals surface area contributed by atoms with Gasteiger partial charge in [-0.2, -0.15) is 5.26 Å². The van der Waals surface area contributed by atoms with Gasteiger partial charge in [0.25, 0.3) is 0 Å². The predicted molar refractivity (Wildman–Crippen MR) is 105 cm³/mol. The first-order valence-corrected chi connectivity index (χ1v) is 9.36. The van der Waals surface area contributed by atoms with Crippen LogP contribution in [0.5, 0.6) is 0 Å². The van der Waals surface area contributed by atoms with Gasteiger partial charge >= 0.3 is 12.0 Å². The molecule has 144 valence electrons. The molecule has 0 saturated carbocycles. The molecule has 0 aliphatic carbocycles. The zero-order valence-corrected chi connectivity index (χ0v) is 15.8.